The number of fused-ring (bicyclic) bond motifs is 1. The number of terminal acetylenes is 1. The monoisotopic (exact) mass is 371 g/mol. The molecule has 2 atom stereocenters. The fourth-order valence-corrected chi connectivity index (χ4v) is 4.31. The normalized spacial score (nSPS) is 19.4. The van der Waals surface area contributed by atoms with E-state index in [9.17, 15) is 4.79 Å². The summed E-state index contributed by atoms with van der Waals surface area (Å²) in [7, 11) is 1.78. The van der Waals surface area contributed by atoms with Crippen molar-refractivity contribution in [2.24, 2.45) is 0 Å². The first-order chi connectivity index (χ1) is 13.1. The number of nitrogens with zero attached hydrogens (tertiary/aromatic N) is 1. The van der Waals surface area contributed by atoms with Crippen LogP contribution in [0.25, 0.3) is 0 Å². The molecule has 27 heavy (non-hydrogen) atoms. The molecule has 3 aromatic rings. The number of halogens is 1. The van der Waals surface area contributed by atoms with E-state index >= 15 is 0 Å². The van der Waals surface area contributed by atoms with Gasteiger partial charge >= 0.3 is 0 Å². The van der Waals surface area contributed by atoms with Crippen LogP contribution in [0.2, 0.25) is 5.02 Å². The van der Waals surface area contributed by atoms with Crippen molar-refractivity contribution in [1.82, 2.24) is 0 Å². The lowest BCUT2D eigenvalue weighted by Crippen LogP contribution is -2.44. The standard InChI is InChI=1S/C24H18ClNO/c1-3-20(17-10-6-4-7-11-17)24(18-12-8-5-9-13-18)21-15-14-19(25)16-22(21)26(2)23(24)27/h1,4-16,20H,2H3. The van der Waals surface area contributed by atoms with E-state index in [-0.39, 0.29) is 5.91 Å². The fourth-order valence-electron chi connectivity index (χ4n) is 4.15. The van der Waals surface area contributed by atoms with E-state index < -0.39 is 11.3 Å². The maximum absolute atomic E-state index is 13.8. The van der Waals surface area contributed by atoms with Gasteiger partial charge in [0.2, 0.25) is 5.91 Å². The minimum absolute atomic E-state index is 0.0437. The molecule has 2 unspecified atom stereocenters. The zero-order chi connectivity index (χ0) is 19.0. The molecule has 0 fully saturated rings. The Bertz CT molecular complexity index is 1040. The predicted molar refractivity (Wildman–Crippen MR) is 110 cm³/mol. The highest BCUT2D eigenvalue weighted by Crippen LogP contribution is 2.53. The van der Waals surface area contributed by atoms with Crippen LogP contribution in [-0.4, -0.2) is 13.0 Å². The first-order valence-corrected chi connectivity index (χ1v) is 9.13. The number of benzene rings is 3. The molecule has 0 saturated heterocycles. The van der Waals surface area contributed by atoms with Crippen LogP contribution < -0.4 is 4.90 Å². The van der Waals surface area contributed by atoms with Gasteiger partial charge in [0.05, 0.1) is 5.92 Å². The molecule has 3 heteroatoms. The molecule has 0 aromatic heterocycles. The number of rotatable bonds is 3. The third-order valence-electron chi connectivity index (χ3n) is 5.35. The smallest absolute Gasteiger partial charge is 0.243 e. The number of hydrogen-bond acceptors (Lipinski definition) is 1. The van der Waals surface area contributed by atoms with Gasteiger partial charge < -0.3 is 4.90 Å². The van der Waals surface area contributed by atoms with Crippen LogP contribution >= 0.6 is 11.6 Å². The average Bonchev–Trinajstić information content (AvgIpc) is 2.92. The van der Waals surface area contributed by atoms with Gasteiger partial charge in [0.25, 0.3) is 0 Å². The Morgan fingerprint density at radius 2 is 1.63 bits per heavy atom. The minimum atomic E-state index is -0.994. The molecule has 0 saturated carbocycles. The summed E-state index contributed by atoms with van der Waals surface area (Å²) in [5.41, 5.74) is 2.51. The molecule has 0 N–H and O–H groups in total. The molecule has 1 amide bonds. The minimum Gasteiger partial charge on any atom is -0.314 e. The molecule has 0 radical (unpaired) electrons. The molecular formula is C24H18ClNO. The molecule has 2 nitrogen and oxygen atoms in total. The number of carbonyl (C=O) groups is 1. The molecule has 1 aliphatic heterocycles. The Kier molecular flexibility index (Phi) is 4.26. The molecule has 3 aromatic carbocycles. The summed E-state index contributed by atoms with van der Waals surface area (Å²) in [6.07, 6.45) is 6.06. The van der Waals surface area contributed by atoms with Gasteiger partial charge in [-0.2, -0.15) is 0 Å². The van der Waals surface area contributed by atoms with Gasteiger partial charge in [-0.25, -0.2) is 0 Å². The molecule has 0 aliphatic carbocycles. The highest BCUT2D eigenvalue weighted by atomic mass is 35.5. The highest BCUT2D eigenvalue weighted by Gasteiger charge is 2.56. The summed E-state index contributed by atoms with van der Waals surface area (Å²) in [4.78, 5) is 15.4. The number of carbonyl (C=O) groups excluding carboxylic acids is 1. The van der Waals surface area contributed by atoms with Gasteiger partial charge in [-0.15, -0.1) is 6.42 Å². The summed E-state index contributed by atoms with van der Waals surface area (Å²) in [5, 5.41) is 0.592. The van der Waals surface area contributed by atoms with Gasteiger partial charge in [-0.05, 0) is 28.8 Å². The fraction of sp³-hybridized carbons (Fsp3) is 0.125. The lowest BCUT2D eigenvalue weighted by Gasteiger charge is -2.34. The summed E-state index contributed by atoms with van der Waals surface area (Å²) in [5.74, 6) is 2.44. The van der Waals surface area contributed by atoms with E-state index in [1.807, 2.05) is 78.9 Å². The van der Waals surface area contributed by atoms with Crippen molar-refractivity contribution < 1.29 is 4.79 Å². The van der Waals surface area contributed by atoms with E-state index in [0.717, 1.165) is 22.4 Å². The third-order valence-corrected chi connectivity index (χ3v) is 5.58. The Morgan fingerprint density at radius 3 is 2.26 bits per heavy atom. The predicted octanol–water partition coefficient (Wildman–Crippen LogP) is 5.02. The number of hydrogen-bond donors (Lipinski definition) is 0. The van der Waals surface area contributed by atoms with Crippen LogP contribution in [0.15, 0.2) is 78.9 Å². The van der Waals surface area contributed by atoms with Crippen LogP contribution in [0.1, 0.15) is 22.6 Å². The van der Waals surface area contributed by atoms with Crippen molar-refractivity contribution in [3.8, 4) is 12.3 Å². The van der Waals surface area contributed by atoms with Gasteiger partial charge in [0, 0.05) is 17.8 Å². The second-order valence-electron chi connectivity index (χ2n) is 6.71. The summed E-state index contributed by atoms with van der Waals surface area (Å²) in [6.45, 7) is 0. The van der Waals surface area contributed by atoms with Gasteiger partial charge in [0.1, 0.15) is 5.41 Å². The second-order valence-corrected chi connectivity index (χ2v) is 7.15. The topological polar surface area (TPSA) is 20.3 Å². The Labute approximate surface area is 164 Å². The zero-order valence-electron chi connectivity index (χ0n) is 14.9. The first-order valence-electron chi connectivity index (χ1n) is 8.75. The van der Waals surface area contributed by atoms with Crippen LogP contribution in [0, 0.1) is 12.3 Å². The first kappa shape index (κ1) is 17.4. The van der Waals surface area contributed by atoms with E-state index in [0.29, 0.717) is 5.02 Å². The molecule has 4 rings (SSSR count). The Morgan fingerprint density at radius 1 is 1.00 bits per heavy atom. The zero-order valence-corrected chi connectivity index (χ0v) is 15.6. The van der Waals surface area contributed by atoms with Crippen molar-refractivity contribution in [2.75, 3.05) is 11.9 Å². The highest BCUT2D eigenvalue weighted by molar-refractivity contribution is 6.31. The number of anilines is 1. The molecule has 1 heterocycles. The van der Waals surface area contributed by atoms with Crippen molar-refractivity contribution in [3.05, 3.63) is 101 Å². The Hall–Kier alpha value is -3.02. The Balaban J connectivity index is 2.09. The van der Waals surface area contributed by atoms with E-state index in [2.05, 4.69) is 5.92 Å². The van der Waals surface area contributed by atoms with Gasteiger partial charge in [0.15, 0.2) is 0 Å². The lowest BCUT2D eigenvalue weighted by atomic mass is 9.64. The van der Waals surface area contributed by atoms with E-state index in [1.54, 1.807) is 11.9 Å². The molecule has 1 aliphatic rings. The van der Waals surface area contributed by atoms with Crippen molar-refractivity contribution >= 4 is 23.2 Å². The average molecular weight is 372 g/mol. The molecule has 0 bridgehead atoms. The lowest BCUT2D eigenvalue weighted by molar-refractivity contribution is -0.121. The van der Waals surface area contributed by atoms with Gasteiger partial charge in [-0.3, -0.25) is 4.79 Å². The summed E-state index contributed by atoms with van der Waals surface area (Å²) < 4.78 is 0. The molecule has 0 spiro atoms. The van der Waals surface area contributed by atoms with Gasteiger partial charge in [-0.1, -0.05) is 84.3 Å². The quantitative estimate of drug-likeness (QED) is 0.592. The summed E-state index contributed by atoms with van der Waals surface area (Å²) >= 11 is 6.23. The number of amides is 1. The largest absolute Gasteiger partial charge is 0.314 e. The maximum atomic E-state index is 13.8. The van der Waals surface area contributed by atoms with Crippen LogP contribution in [0.3, 0.4) is 0 Å². The maximum Gasteiger partial charge on any atom is 0.243 e. The molecular weight excluding hydrogens is 354 g/mol. The summed E-state index contributed by atoms with van der Waals surface area (Å²) in [6, 6.07) is 25.2. The second kappa shape index (κ2) is 6.61. The van der Waals surface area contributed by atoms with Crippen LogP contribution in [-0.2, 0) is 10.2 Å². The van der Waals surface area contributed by atoms with Crippen LogP contribution in [0.4, 0.5) is 5.69 Å². The van der Waals surface area contributed by atoms with E-state index in [4.69, 9.17) is 18.0 Å². The van der Waals surface area contributed by atoms with E-state index in [1.165, 1.54) is 0 Å². The third kappa shape index (κ3) is 2.47. The van der Waals surface area contributed by atoms with Crippen molar-refractivity contribution in [2.45, 2.75) is 11.3 Å². The number of likely N-dealkylation sites (N-methyl/N-ethyl adjacent to an activating group) is 1. The van der Waals surface area contributed by atoms with Crippen molar-refractivity contribution in [1.29, 1.82) is 0 Å². The van der Waals surface area contributed by atoms with Crippen molar-refractivity contribution in [3.63, 3.8) is 0 Å². The SMILES string of the molecule is C#CC(c1ccccc1)C1(c2ccccc2)C(=O)N(C)c2cc(Cl)ccc21. The molecule has 132 valence electrons. The van der Waals surface area contributed by atoms with Crippen LogP contribution in [0.5, 0.6) is 0 Å².